The lowest BCUT2D eigenvalue weighted by Crippen LogP contribution is -2.48. The van der Waals surface area contributed by atoms with Crippen LogP contribution in [0.1, 0.15) is 20.9 Å². The van der Waals surface area contributed by atoms with Crippen LogP contribution in [0.15, 0.2) is 77.2 Å². The quantitative estimate of drug-likeness (QED) is 0.437. The minimum atomic E-state index is -0.318. The number of halogens is 1. The van der Waals surface area contributed by atoms with Gasteiger partial charge in [0, 0.05) is 62.6 Å². The van der Waals surface area contributed by atoms with Gasteiger partial charge in [0.15, 0.2) is 0 Å². The van der Waals surface area contributed by atoms with Crippen molar-refractivity contribution in [2.24, 2.45) is 0 Å². The van der Waals surface area contributed by atoms with Crippen LogP contribution in [0.4, 0.5) is 21.5 Å². The van der Waals surface area contributed by atoms with Crippen LogP contribution in [-0.4, -0.2) is 57.0 Å². The van der Waals surface area contributed by atoms with Gasteiger partial charge in [0.2, 0.25) is 5.76 Å². The molecule has 2 heterocycles. The van der Waals surface area contributed by atoms with Gasteiger partial charge in [-0.2, -0.15) is 0 Å². The first kappa shape index (κ1) is 23.4. The number of piperazine rings is 1. The van der Waals surface area contributed by atoms with Gasteiger partial charge < -0.3 is 24.4 Å². The van der Waals surface area contributed by atoms with E-state index in [0.29, 0.717) is 48.4 Å². The van der Waals surface area contributed by atoms with Crippen LogP contribution < -0.4 is 15.1 Å². The average Bonchev–Trinajstić information content (AvgIpc) is 3.27. The molecule has 1 aromatic heterocycles. The van der Waals surface area contributed by atoms with E-state index in [1.807, 2.05) is 49.3 Å². The van der Waals surface area contributed by atoms with Crippen molar-refractivity contribution in [2.75, 3.05) is 55.4 Å². The van der Waals surface area contributed by atoms with E-state index in [0.717, 1.165) is 11.4 Å². The first-order chi connectivity index (χ1) is 17.4. The van der Waals surface area contributed by atoms with Crippen molar-refractivity contribution in [3.63, 3.8) is 0 Å². The molecule has 1 aliphatic heterocycles. The number of rotatable bonds is 5. The summed E-state index contributed by atoms with van der Waals surface area (Å²) < 4.78 is 19.2. The Bertz CT molecular complexity index is 1390. The van der Waals surface area contributed by atoms with Crippen LogP contribution >= 0.6 is 0 Å². The number of nitrogens with zero attached hydrogens (tertiary/aromatic N) is 3. The summed E-state index contributed by atoms with van der Waals surface area (Å²) in [5.41, 5.74) is 3.29. The van der Waals surface area contributed by atoms with Crippen molar-refractivity contribution in [1.82, 2.24) is 4.90 Å². The Morgan fingerprint density at radius 3 is 2.22 bits per heavy atom. The molecule has 0 bridgehead atoms. The molecule has 2 amide bonds. The maximum atomic E-state index is 13.5. The number of furan rings is 1. The zero-order chi connectivity index (χ0) is 25.2. The van der Waals surface area contributed by atoms with Crippen molar-refractivity contribution in [2.45, 2.75) is 0 Å². The number of carbonyl (C=O) groups excluding carboxylic acids is 2. The zero-order valence-corrected chi connectivity index (χ0v) is 20.2. The molecule has 4 aromatic rings. The van der Waals surface area contributed by atoms with Crippen LogP contribution in [0.25, 0.3) is 11.0 Å². The third kappa shape index (κ3) is 4.62. The second-order valence-corrected chi connectivity index (χ2v) is 8.95. The lowest BCUT2D eigenvalue weighted by molar-refractivity contribution is 0.0718. The van der Waals surface area contributed by atoms with Gasteiger partial charge in [-0.15, -0.1) is 0 Å². The normalized spacial score (nSPS) is 13.6. The molecule has 0 unspecified atom stereocenters. The van der Waals surface area contributed by atoms with E-state index in [4.69, 9.17) is 4.42 Å². The third-order valence-corrected chi connectivity index (χ3v) is 6.43. The Balaban J connectivity index is 1.36. The Morgan fingerprint density at radius 1 is 0.889 bits per heavy atom. The molecule has 8 heteroatoms. The van der Waals surface area contributed by atoms with E-state index in [-0.39, 0.29) is 23.4 Å². The zero-order valence-electron chi connectivity index (χ0n) is 20.2. The first-order valence-electron chi connectivity index (χ1n) is 11.8. The summed E-state index contributed by atoms with van der Waals surface area (Å²) in [6, 6.07) is 20.9. The van der Waals surface area contributed by atoms with E-state index in [9.17, 15) is 14.0 Å². The molecule has 1 fully saturated rings. The van der Waals surface area contributed by atoms with E-state index < -0.39 is 0 Å². The summed E-state index contributed by atoms with van der Waals surface area (Å²) in [5.74, 6) is -0.754. The number of anilines is 3. The Kier molecular flexibility index (Phi) is 6.33. The fraction of sp³-hybridized carbons (Fsp3) is 0.214. The summed E-state index contributed by atoms with van der Waals surface area (Å²) >= 11 is 0. The molecule has 0 saturated carbocycles. The van der Waals surface area contributed by atoms with Crippen molar-refractivity contribution < 1.29 is 18.4 Å². The number of carbonyl (C=O) groups is 2. The average molecular weight is 487 g/mol. The molecule has 36 heavy (non-hydrogen) atoms. The van der Waals surface area contributed by atoms with Gasteiger partial charge in [-0.05, 0) is 60.7 Å². The predicted octanol–water partition coefficient (Wildman–Crippen LogP) is 4.85. The van der Waals surface area contributed by atoms with Gasteiger partial charge in [0.1, 0.15) is 17.1 Å². The number of hydrogen-bond donors (Lipinski definition) is 1. The number of para-hydroxylation sites is 1. The lowest BCUT2D eigenvalue weighted by Gasteiger charge is -2.35. The summed E-state index contributed by atoms with van der Waals surface area (Å²) in [4.78, 5) is 32.4. The van der Waals surface area contributed by atoms with Gasteiger partial charge >= 0.3 is 0 Å². The molecule has 0 aliphatic carbocycles. The summed E-state index contributed by atoms with van der Waals surface area (Å²) in [5, 5.41) is 3.59. The largest absolute Gasteiger partial charge is 0.449 e. The number of nitrogens with one attached hydrogen (secondary N) is 1. The molecule has 3 aromatic carbocycles. The van der Waals surface area contributed by atoms with Crippen LogP contribution in [0.5, 0.6) is 0 Å². The van der Waals surface area contributed by atoms with Gasteiger partial charge in [-0.3, -0.25) is 9.59 Å². The molecule has 1 aliphatic rings. The topological polar surface area (TPSA) is 69.0 Å². The molecular weight excluding hydrogens is 459 g/mol. The van der Waals surface area contributed by atoms with Crippen LogP contribution in [-0.2, 0) is 0 Å². The maximum Gasteiger partial charge on any atom is 0.291 e. The molecule has 1 saturated heterocycles. The Labute approximate surface area is 208 Å². The molecule has 5 rings (SSSR count). The van der Waals surface area contributed by atoms with Gasteiger partial charge in [0.05, 0.1) is 0 Å². The van der Waals surface area contributed by atoms with Gasteiger partial charge in [-0.1, -0.05) is 12.1 Å². The van der Waals surface area contributed by atoms with Crippen molar-refractivity contribution in [3.8, 4) is 0 Å². The molecule has 0 spiro atoms. The standard InChI is InChI=1S/C28H27FN4O3/c1-31(2)21-11-7-19(8-12-21)27(34)30-25-23-5-3-4-6-24(23)36-26(25)28(35)33-17-15-32(16-18-33)22-13-9-20(29)10-14-22/h3-14H,15-18H2,1-2H3,(H,30,34). The van der Waals surface area contributed by atoms with E-state index in [1.165, 1.54) is 12.1 Å². The van der Waals surface area contributed by atoms with Crippen LogP contribution in [0, 0.1) is 5.82 Å². The highest BCUT2D eigenvalue weighted by atomic mass is 19.1. The molecule has 0 atom stereocenters. The number of fused-ring (bicyclic) bond motifs is 1. The number of amides is 2. The Hall–Kier alpha value is -4.33. The SMILES string of the molecule is CN(C)c1ccc(C(=O)Nc2c(C(=O)N3CCN(c4ccc(F)cc4)CC3)oc3ccccc23)cc1. The van der Waals surface area contributed by atoms with Gasteiger partial charge in [0.25, 0.3) is 11.8 Å². The minimum Gasteiger partial charge on any atom is -0.449 e. The Morgan fingerprint density at radius 2 is 1.56 bits per heavy atom. The molecule has 0 radical (unpaired) electrons. The highest BCUT2D eigenvalue weighted by molar-refractivity contribution is 6.14. The van der Waals surface area contributed by atoms with Gasteiger partial charge in [-0.25, -0.2) is 4.39 Å². The van der Waals surface area contributed by atoms with Crippen molar-refractivity contribution in [3.05, 3.63) is 89.9 Å². The fourth-order valence-corrected chi connectivity index (χ4v) is 4.38. The van der Waals surface area contributed by atoms with Crippen molar-refractivity contribution >= 4 is 39.8 Å². The van der Waals surface area contributed by atoms with E-state index in [1.54, 1.807) is 35.2 Å². The predicted molar refractivity (Wildman–Crippen MR) is 139 cm³/mol. The minimum absolute atomic E-state index is 0.115. The van der Waals surface area contributed by atoms with E-state index in [2.05, 4.69) is 10.2 Å². The molecule has 1 N–H and O–H groups in total. The molecule has 7 nitrogen and oxygen atoms in total. The van der Waals surface area contributed by atoms with Crippen LogP contribution in [0.3, 0.4) is 0 Å². The monoisotopic (exact) mass is 486 g/mol. The summed E-state index contributed by atoms with van der Waals surface area (Å²) in [7, 11) is 3.87. The first-order valence-corrected chi connectivity index (χ1v) is 11.8. The maximum absolute atomic E-state index is 13.5. The third-order valence-electron chi connectivity index (χ3n) is 6.43. The molecular formula is C28H27FN4O3. The highest BCUT2D eigenvalue weighted by Crippen LogP contribution is 2.33. The number of hydrogen-bond acceptors (Lipinski definition) is 5. The second kappa shape index (κ2) is 9.73. The lowest BCUT2D eigenvalue weighted by atomic mass is 10.1. The summed E-state index contributed by atoms with van der Waals surface area (Å²) in [6.45, 7) is 2.17. The van der Waals surface area contributed by atoms with Crippen LogP contribution in [0.2, 0.25) is 0 Å². The number of benzene rings is 3. The van der Waals surface area contributed by atoms with Crippen molar-refractivity contribution in [1.29, 1.82) is 0 Å². The second-order valence-electron chi connectivity index (χ2n) is 8.95. The highest BCUT2D eigenvalue weighted by Gasteiger charge is 2.29. The van der Waals surface area contributed by atoms with E-state index >= 15 is 0 Å². The smallest absolute Gasteiger partial charge is 0.291 e. The fourth-order valence-electron chi connectivity index (χ4n) is 4.38. The summed E-state index contributed by atoms with van der Waals surface area (Å²) in [6.07, 6.45) is 0. The molecule has 184 valence electrons.